The molecular formula is C21H22F4N2O4S. The van der Waals surface area contributed by atoms with E-state index < -0.39 is 32.5 Å². The zero-order valence-corrected chi connectivity index (χ0v) is 18.0. The van der Waals surface area contributed by atoms with E-state index in [1.807, 2.05) is 0 Å². The predicted octanol–water partition coefficient (Wildman–Crippen LogP) is 3.32. The topological polar surface area (TPSA) is 66.9 Å². The van der Waals surface area contributed by atoms with Crippen LogP contribution in [0, 0.1) is 5.82 Å². The normalized spacial score (nSPS) is 15.6. The van der Waals surface area contributed by atoms with Crippen LogP contribution in [-0.2, 0) is 27.4 Å². The van der Waals surface area contributed by atoms with Gasteiger partial charge in [-0.15, -0.1) is 0 Å². The summed E-state index contributed by atoms with van der Waals surface area (Å²) in [6, 6.07) is 8.03. The maximum atomic E-state index is 13.8. The molecule has 1 saturated heterocycles. The smallest absolute Gasteiger partial charge is 0.416 e. The Balaban J connectivity index is 1.58. The molecule has 11 heteroatoms. The van der Waals surface area contributed by atoms with Crippen molar-refractivity contribution in [2.45, 2.75) is 23.9 Å². The molecule has 1 amide bonds. The van der Waals surface area contributed by atoms with Crippen LogP contribution in [0.5, 0.6) is 5.75 Å². The molecule has 0 saturated carbocycles. The van der Waals surface area contributed by atoms with Gasteiger partial charge in [-0.2, -0.15) is 17.5 Å². The van der Waals surface area contributed by atoms with Crippen molar-refractivity contribution < 1.29 is 35.5 Å². The van der Waals surface area contributed by atoms with Crippen LogP contribution in [0.3, 0.4) is 0 Å². The molecule has 1 aliphatic heterocycles. The van der Waals surface area contributed by atoms with Crippen molar-refractivity contribution >= 4 is 15.9 Å². The van der Waals surface area contributed by atoms with Crippen molar-refractivity contribution in [2.24, 2.45) is 0 Å². The molecule has 0 radical (unpaired) electrons. The van der Waals surface area contributed by atoms with Crippen molar-refractivity contribution in [2.75, 3.05) is 33.3 Å². The van der Waals surface area contributed by atoms with Crippen LogP contribution in [0.2, 0.25) is 0 Å². The van der Waals surface area contributed by atoms with Gasteiger partial charge in [0.1, 0.15) is 0 Å². The summed E-state index contributed by atoms with van der Waals surface area (Å²) in [5.74, 6) is -0.624. The quantitative estimate of drug-likeness (QED) is 0.603. The molecule has 1 heterocycles. The van der Waals surface area contributed by atoms with Crippen LogP contribution in [0.15, 0.2) is 47.4 Å². The number of benzene rings is 2. The number of rotatable bonds is 6. The minimum Gasteiger partial charge on any atom is -0.494 e. The lowest BCUT2D eigenvalue weighted by Gasteiger charge is -2.34. The van der Waals surface area contributed by atoms with Gasteiger partial charge < -0.3 is 9.64 Å². The number of nitrogens with zero attached hydrogens (tertiary/aromatic N) is 2. The van der Waals surface area contributed by atoms with Crippen LogP contribution >= 0.6 is 0 Å². The number of piperazine rings is 1. The Morgan fingerprint density at radius 3 is 2.34 bits per heavy atom. The molecule has 2 aromatic carbocycles. The number of sulfonamides is 1. The molecule has 0 aliphatic carbocycles. The molecular weight excluding hydrogens is 452 g/mol. The lowest BCUT2D eigenvalue weighted by atomic mass is 10.1. The monoisotopic (exact) mass is 474 g/mol. The fourth-order valence-electron chi connectivity index (χ4n) is 3.43. The lowest BCUT2D eigenvalue weighted by molar-refractivity contribution is -0.137. The summed E-state index contributed by atoms with van der Waals surface area (Å²) in [4.78, 5) is 13.5. The first kappa shape index (κ1) is 24.0. The Kier molecular flexibility index (Phi) is 7.09. The summed E-state index contributed by atoms with van der Waals surface area (Å²) < 4.78 is 83.9. The number of halogens is 4. The van der Waals surface area contributed by atoms with Crippen LogP contribution in [0.1, 0.15) is 17.5 Å². The summed E-state index contributed by atoms with van der Waals surface area (Å²) in [6.45, 7) is 0.185. The minimum atomic E-state index is -4.65. The van der Waals surface area contributed by atoms with Gasteiger partial charge in [0.25, 0.3) is 0 Å². The molecule has 2 aromatic rings. The standard InChI is InChI=1S/C21H22F4N2O4S/c1-31-19-7-5-15(13-18(19)22)6-8-20(28)26-9-11-27(12-10-26)32(29,30)17-4-2-3-16(14-17)21(23,24)25/h2-5,7,13-14H,6,8-12H2,1H3. The number of carbonyl (C=O) groups is 1. The summed E-state index contributed by atoms with van der Waals surface area (Å²) in [7, 11) is -2.76. The highest BCUT2D eigenvalue weighted by atomic mass is 32.2. The number of methoxy groups -OCH3 is 1. The van der Waals surface area contributed by atoms with E-state index in [0.29, 0.717) is 18.1 Å². The zero-order chi connectivity index (χ0) is 23.5. The summed E-state index contributed by atoms with van der Waals surface area (Å²) in [5, 5.41) is 0. The van der Waals surface area contributed by atoms with Crippen molar-refractivity contribution in [1.29, 1.82) is 0 Å². The molecule has 3 rings (SSSR count). The second-order valence-electron chi connectivity index (χ2n) is 7.28. The molecule has 174 valence electrons. The Hall–Kier alpha value is -2.66. The Labute approximate surface area is 183 Å². The number of carbonyl (C=O) groups excluding carboxylic acids is 1. The number of aryl methyl sites for hydroxylation is 1. The molecule has 0 aromatic heterocycles. The van der Waals surface area contributed by atoms with Gasteiger partial charge in [0, 0.05) is 32.6 Å². The highest BCUT2D eigenvalue weighted by molar-refractivity contribution is 7.89. The maximum Gasteiger partial charge on any atom is 0.416 e. The van der Waals surface area contributed by atoms with Gasteiger partial charge in [-0.05, 0) is 42.3 Å². The van der Waals surface area contributed by atoms with E-state index in [2.05, 4.69) is 0 Å². The average molecular weight is 474 g/mol. The Bertz CT molecular complexity index is 1080. The lowest BCUT2D eigenvalue weighted by Crippen LogP contribution is -2.50. The number of hydrogen-bond donors (Lipinski definition) is 0. The van der Waals surface area contributed by atoms with Crippen LogP contribution in [-0.4, -0.2) is 56.8 Å². The summed E-state index contributed by atoms with van der Waals surface area (Å²) >= 11 is 0. The molecule has 1 fully saturated rings. The zero-order valence-electron chi connectivity index (χ0n) is 17.2. The SMILES string of the molecule is COc1ccc(CCC(=O)N2CCN(S(=O)(=O)c3cccc(C(F)(F)F)c3)CC2)cc1F. The molecule has 1 aliphatic rings. The number of alkyl halides is 3. The first-order valence-corrected chi connectivity index (χ1v) is 11.2. The van der Waals surface area contributed by atoms with E-state index in [9.17, 15) is 30.8 Å². The average Bonchev–Trinajstić information content (AvgIpc) is 2.77. The number of hydrogen-bond acceptors (Lipinski definition) is 4. The van der Waals surface area contributed by atoms with Gasteiger partial charge in [0.15, 0.2) is 11.6 Å². The van der Waals surface area contributed by atoms with E-state index in [-0.39, 0.29) is 44.3 Å². The van der Waals surface area contributed by atoms with Crippen molar-refractivity contribution in [3.05, 3.63) is 59.4 Å². The highest BCUT2D eigenvalue weighted by Gasteiger charge is 2.34. The van der Waals surface area contributed by atoms with E-state index in [1.54, 1.807) is 6.07 Å². The van der Waals surface area contributed by atoms with E-state index >= 15 is 0 Å². The highest BCUT2D eigenvalue weighted by Crippen LogP contribution is 2.31. The number of amides is 1. The van der Waals surface area contributed by atoms with Crippen LogP contribution in [0.4, 0.5) is 17.6 Å². The third kappa shape index (κ3) is 5.39. The summed E-state index contributed by atoms with van der Waals surface area (Å²) in [6.07, 6.45) is -4.22. The van der Waals surface area contributed by atoms with Crippen molar-refractivity contribution in [3.63, 3.8) is 0 Å². The fraction of sp³-hybridized carbons (Fsp3) is 0.381. The van der Waals surface area contributed by atoms with Gasteiger partial charge in [-0.3, -0.25) is 4.79 Å². The molecule has 0 spiro atoms. The molecule has 0 N–H and O–H groups in total. The Morgan fingerprint density at radius 1 is 1.06 bits per heavy atom. The van der Waals surface area contributed by atoms with Crippen molar-refractivity contribution in [3.8, 4) is 5.75 Å². The number of ether oxygens (including phenoxy) is 1. The summed E-state index contributed by atoms with van der Waals surface area (Å²) in [5.41, 5.74) is -0.412. The van der Waals surface area contributed by atoms with E-state index in [4.69, 9.17) is 4.74 Å². The third-order valence-electron chi connectivity index (χ3n) is 5.23. The van der Waals surface area contributed by atoms with Gasteiger partial charge >= 0.3 is 6.18 Å². The first-order chi connectivity index (χ1) is 15.0. The minimum absolute atomic E-state index is 0.0263. The molecule has 6 nitrogen and oxygen atoms in total. The Morgan fingerprint density at radius 2 is 1.75 bits per heavy atom. The molecule has 0 bridgehead atoms. The van der Waals surface area contributed by atoms with Gasteiger partial charge in [-0.1, -0.05) is 12.1 Å². The first-order valence-electron chi connectivity index (χ1n) is 9.80. The molecule has 32 heavy (non-hydrogen) atoms. The van der Waals surface area contributed by atoms with Crippen LogP contribution in [0.25, 0.3) is 0 Å². The van der Waals surface area contributed by atoms with E-state index in [1.165, 1.54) is 24.1 Å². The fourth-order valence-corrected chi connectivity index (χ4v) is 4.90. The predicted molar refractivity (Wildman–Crippen MR) is 108 cm³/mol. The van der Waals surface area contributed by atoms with Gasteiger partial charge in [0.05, 0.1) is 17.6 Å². The van der Waals surface area contributed by atoms with Crippen molar-refractivity contribution in [1.82, 2.24) is 9.21 Å². The van der Waals surface area contributed by atoms with Gasteiger partial charge in [0.2, 0.25) is 15.9 Å². The van der Waals surface area contributed by atoms with E-state index in [0.717, 1.165) is 22.5 Å². The maximum absolute atomic E-state index is 13.8. The van der Waals surface area contributed by atoms with Crippen LogP contribution < -0.4 is 4.74 Å². The molecule has 0 atom stereocenters. The van der Waals surface area contributed by atoms with Gasteiger partial charge in [-0.25, -0.2) is 12.8 Å². The second-order valence-corrected chi connectivity index (χ2v) is 9.22. The second kappa shape index (κ2) is 9.45. The third-order valence-corrected chi connectivity index (χ3v) is 7.13. The largest absolute Gasteiger partial charge is 0.494 e. The molecule has 0 unspecified atom stereocenters.